The highest BCUT2D eigenvalue weighted by atomic mass is 16.5. The molecule has 5 nitrogen and oxygen atoms in total. The largest absolute Gasteiger partial charge is 0.478 e. The number of amides is 1. The Hall–Kier alpha value is -2.66. The highest BCUT2D eigenvalue weighted by Crippen LogP contribution is 2.27. The number of aryl methyl sites for hydroxylation is 1. The van der Waals surface area contributed by atoms with Crippen LogP contribution in [0, 0.1) is 0 Å². The molecule has 1 amide bonds. The van der Waals surface area contributed by atoms with E-state index in [1.165, 1.54) is 0 Å². The van der Waals surface area contributed by atoms with Crippen LogP contribution in [-0.4, -0.2) is 41.1 Å². The molecule has 136 valence electrons. The maximum Gasteiger partial charge on any atom is 0.335 e. The zero-order valence-corrected chi connectivity index (χ0v) is 14.8. The molecule has 0 spiro atoms. The fourth-order valence-corrected chi connectivity index (χ4v) is 3.36. The van der Waals surface area contributed by atoms with Crippen LogP contribution in [0.1, 0.15) is 40.9 Å². The predicted octanol–water partition coefficient (Wildman–Crippen LogP) is 3.31. The third-order valence-electron chi connectivity index (χ3n) is 4.73. The first-order chi connectivity index (χ1) is 12.6. The average Bonchev–Trinajstić information content (AvgIpc) is 2.67. The summed E-state index contributed by atoms with van der Waals surface area (Å²) in [6.07, 6.45) is 0.680. The molecule has 2 atom stereocenters. The standard InChI is InChI=1S/C21H23NO4/c1-15-13-22(19(14-26-15)17-8-3-2-4-9-17)20(23)12-11-16-7-5-6-10-18(16)21(24)25/h2-10,15,19H,11-14H2,1H3,(H,24,25). The normalized spacial score (nSPS) is 20.0. The smallest absolute Gasteiger partial charge is 0.335 e. The first kappa shape index (κ1) is 18.1. The van der Waals surface area contributed by atoms with E-state index >= 15 is 0 Å². The minimum atomic E-state index is -0.963. The van der Waals surface area contributed by atoms with Crippen LogP contribution >= 0.6 is 0 Å². The van der Waals surface area contributed by atoms with Crippen molar-refractivity contribution in [1.82, 2.24) is 4.90 Å². The third-order valence-corrected chi connectivity index (χ3v) is 4.73. The number of carboxylic acid groups (broad SMARTS) is 1. The van der Waals surface area contributed by atoms with Crippen molar-refractivity contribution in [1.29, 1.82) is 0 Å². The third kappa shape index (κ3) is 4.11. The van der Waals surface area contributed by atoms with E-state index in [9.17, 15) is 14.7 Å². The molecule has 1 fully saturated rings. The molecule has 0 saturated carbocycles. The number of benzene rings is 2. The molecule has 2 aromatic carbocycles. The molecular weight excluding hydrogens is 330 g/mol. The quantitative estimate of drug-likeness (QED) is 0.896. The van der Waals surface area contributed by atoms with Gasteiger partial charge in [-0.3, -0.25) is 4.79 Å². The van der Waals surface area contributed by atoms with Crippen molar-refractivity contribution in [2.75, 3.05) is 13.2 Å². The lowest BCUT2D eigenvalue weighted by Crippen LogP contribution is -2.46. The van der Waals surface area contributed by atoms with Crippen molar-refractivity contribution >= 4 is 11.9 Å². The van der Waals surface area contributed by atoms with Gasteiger partial charge in [-0.05, 0) is 30.5 Å². The van der Waals surface area contributed by atoms with Crippen LogP contribution in [-0.2, 0) is 16.0 Å². The van der Waals surface area contributed by atoms with Gasteiger partial charge in [0.15, 0.2) is 0 Å². The number of nitrogens with zero attached hydrogens (tertiary/aromatic N) is 1. The Balaban J connectivity index is 1.73. The molecule has 3 rings (SSSR count). The Morgan fingerprint density at radius 3 is 2.54 bits per heavy atom. The predicted molar refractivity (Wildman–Crippen MR) is 98.0 cm³/mol. The second kappa shape index (κ2) is 8.15. The lowest BCUT2D eigenvalue weighted by atomic mass is 10.0. The van der Waals surface area contributed by atoms with Gasteiger partial charge in [-0.15, -0.1) is 0 Å². The maximum absolute atomic E-state index is 12.9. The van der Waals surface area contributed by atoms with Gasteiger partial charge in [0.25, 0.3) is 0 Å². The highest BCUT2D eigenvalue weighted by molar-refractivity contribution is 5.89. The summed E-state index contributed by atoms with van der Waals surface area (Å²) in [6, 6.07) is 16.6. The van der Waals surface area contributed by atoms with E-state index in [0.717, 1.165) is 5.56 Å². The second-order valence-electron chi connectivity index (χ2n) is 6.58. The van der Waals surface area contributed by atoms with Crippen LogP contribution in [0.2, 0.25) is 0 Å². The van der Waals surface area contributed by atoms with Crippen molar-refractivity contribution in [3.63, 3.8) is 0 Å². The van der Waals surface area contributed by atoms with Crippen LogP contribution in [0.15, 0.2) is 54.6 Å². The number of ether oxygens (including phenoxy) is 1. The molecule has 0 aromatic heterocycles. The van der Waals surface area contributed by atoms with Crippen molar-refractivity contribution in [3.05, 3.63) is 71.3 Å². The molecular formula is C21H23NO4. The zero-order valence-electron chi connectivity index (χ0n) is 14.8. The molecule has 1 saturated heterocycles. The number of rotatable bonds is 5. The summed E-state index contributed by atoms with van der Waals surface area (Å²) in [5, 5.41) is 9.29. The molecule has 1 aliphatic heterocycles. The Kier molecular flexibility index (Phi) is 5.68. The monoisotopic (exact) mass is 353 g/mol. The Bertz CT molecular complexity index is 775. The Morgan fingerprint density at radius 1 is 1.12 bits per heavy atom. The molecule has 1 heterocycles. The van der Waals surface area contributed by atoms with E-state index in [4.69, 9.17) is 4.74 Å². The molecule has 5 heteroatoms. The van der Waals surface area contributed by atoms with E-state index in [-0.39, 0.29) is 30.0 Å². The van der Waals surface area contributed by atoms with Gasteiger partial charge in [0.05, 0.1) is 24.3 Å². The van der Waals surface area contributed by atoms with Crippen molar-refractivity contribution in [2.45, 2.75) is 31.9 Å². The van der Waals surface area contributed by atoms with Gasteiger partial charge >= 0.3 is 5.97 Å². The minimum Gasteiger partial charge on any atom is -0.478 e. The summed E-state index contributed by atoms with van der Waals surface area (Å²) in [5.41, 5.74) is 2.00. The maximum atomic E-state index is 12.9. The Morgan fingerprint density at radius 2 is 1.81 bits per heavy atom. The number of hydrogen-bond acceptors (Lipinski definition) is 3. The lowest BCUT2D eigenvalue weighted by Gasteiger charge is -2.39. The molecule has 0 aliphatic carbocycles. The van der Waals surface area contributed by atoms with Gasteiger partial charge in [-0.2, -0.15) is 0 Å². The van der Waals surface area contributed by atoms with Gasteiger partial charge in [0, 0.05) is 13.0 Å². The number of aromatic carboxylic acids is 1. The topological polar surface area (TPSA) is 66.8 Å². The molecule has 2 aromatic rings. The average molecular weight is 353 g/mol. The number of hydrogen-bond donors (Lipinski definition) is 1. The van der Waals surface area contributed by atoms with Crippen molar-refractivity contribution in [3.8, 4) is 0 Å². The van der Waals surface area contributed by atoms with Gasteiger partial charge in [0.1, 0.15) is 0 Å². The molecule has 26 heavy (non-hydrogen) atoms. The van der Waals surface area contributed by atoms with Crippen LogP contribution in [0.5, 0.6) is 0 Å². The zero-order chi connectivity index (χ0) is 18.5. The summed E-state index contributed by atoms with van der Waals surface area (Å²) >= 11 is 0. The lowest BCUT2D eigenvalue weighted by molar-refractivity contribution is -0.144. The SMILES string of the molecule is CC1CN(C(=O)CCc2ccccc2C(=O)O)C(c2ccccc2)CO1. The van der Waals surface area contributed by atoms with Crippen LogP contribution in [0.4, 0.5) is 0 Å². The summed E-state index contributed by atoms with van der Waals surface area (Å²) in [7, 11) is 0. The number of carbonyl (C=O) groups is 2. The number of carboxylic acids is 1. The first-order valence-corrected chi connectivity index (χ1v) is 8.83. The molecule has 2 unspecified atom stereocenters. The minimum absolute atomic E-state index is 0.00906. The van der Waals surface area contributed by atoms with Crippen LogP contribution < -0.4 is 0 Å². The van der Waals surface area contributed by atoms with Crippen molar-refractivity contribution < 1.29 is 19.4 Å². The van der Waals surface area contributed by atoms with Gasteiger partial charge < -0.3 is 14.7 Å². The second-order valence-corrected chi connectivity index (χ2v) is 6.58. The summed E-state index contributed by atoms with van der Waals surface area (Å²) in [6.45, 7) is 2.98. The van der Waals surface area contributed by atoms with E-state index in [2.05, 4.69) is 0 Å². The van der Waals surface area contributed by atoms with Crippen molar-refractivity contribution in [2.24, 2.45) is 0 Å². The summed E-state index contributed by atoms with van der Waals surface area (Å²) in [4.78, 5) is 26.1. The first-order valence-electron chi connectivity index (χ1n) is 8.83. The number of carbonyl (C=O) groups excluding carboxylic acids is 1. The van der Waals surface area contributed by atoms with E-state index in [1.807, 2.05) is 42.2 Å². The Labute approximate surface area is 153 Å². The van der Waals surface area contributed by atoms with Crippen LogP contribution in [0.25, 0.3) is 0 Å². The van der Waals surface area contributed by atoms with Gasteiger partial charge in [0.2, 0.25) is 5.91 Å². The molecule has 1 aliphatic rings. The fraction of sp³-hybridized carbons (Fsp3) is 0.333. The van der Waals surface area contributed by atoms with E-state index in [0.29, 0.717) is 25.1 Å². The molecule has 0 bridgehead atoms. The van der Waals surface area contributed by atoms with Gasteiger partial charge in [-0.1, -0.05) is 48.5 Å². The number of morpholine rings is 1. The van der Waals surface area contributed by atoms with E-state index < -0.39 is 5.97 Å². The van der Waals surface area contributed by atoms with Crippen LogP contribution in [0.3, 0.4) is 0 Å². The van der Waals surface area contributed by atoms with E-state index in [1.54, 1.807) is 24.3 Å². The highest BCUT2D eigenvalue weighted by Gasteiger charge is 2.31. The fourth-order valence-electron chi connectivity index (χ4n) is 3.36. The summed E-state index contributed by atoms with van der Waals surface area (Å²) < 4.78 is 5.77. The molecule has 1 N–H and O–H groups in total. The molecule has 0 radical (unpaired) electrons. The summed E-state index contributed by atoms with van der Waals surface area (Å²) in [5.74, 6) is -0.940. The van der Waals surface area contributed by atoms with Gasteiger partial charge in [-0.25, -0.2) is 4.79 Å².